The molecule has 1 aromatic rings. The highest BCUT2D eigenvalue weighted by Gasteiger charge is 2.24. The summed E-state index contributed by atoms with van der Waals surface area (Å²) in [6.07, 6.45) is 2.60. The number of nitrogens with zero attached hydrogens (tertiary/aromatic N) is 1. The molecule has 0 radical (unpaired) electrons. The van der Waals surface area contributed by atoms with E-state index in [1.165, 1.54) is 0 Å². The number of carbonyl (C=O) groups is 1. The molecule has 5 heteroatoms. The predicted molar refractivity (Wildman–Crippen MR) is 91.2 cm³/mol. The fourth-order valence-corrected chi connectivity index (χ4v) is 2.49. The summed E-state index contributed by atoms with van der Waals surface area (Å²) in [4.78, 5) is 13.7. The van der Waals surface area contributed by atoms with E-state index in [0.29, 0.717) is 43.2 Å². The fourth-order valence-electron chi connectivity index (χ4n) is 2.49. The normalized spacial score (nSPS) is 10.5. The van der Waals surface area contributed by atoms with E-state index in [-0.39, 0.29) is 5.56 Å². The minimum Gasteiger partial charge on any atom is -0.489 e. The molecule has 0 amide bonds. The van der Waals surface area contributed by atoms with Gasteiger partial charge in [0.15, 0.2) is 5.75 Å². The molecule has 0 aliphatic carbocycles. The number of ether oxygens (including phenoxy) is 1. The van der Waals surface area contributed by atoms with Gasteiger partial charge in [0.1, 0.15) is 0 Å². The van der Waals surface area contributed by atoms with Crippen molar-refractivity contribution in [3.8, 4) is 5.75 Å². The molecule has 0 unspecified atom stereocenters. The Hall–Kier alpha value is -1.91. The van der Waals surface area contributed by atoms with Gasteiger partial charge in [0.2, 0.25) is 0 Å². The molecule has 0 saturated carbocycles. The van der Waals surface area contributed by atoms with E-state index in [1.807, 2.05) is 25.7 Å². The number of hydrogen-bond acceptors (Lipinski definition) is 4. The summed E-state index contributed by atoms with van der Waals surface area (Å²) >= 11 is 0. The number of unbranched alkanes of at least 4 members (excludes halogenated alkanes) is 1. The molecule has 3 N–H and O–H groups in total. The maximum absolute atomic E-state index is 11.7. The third-order valence-electron chi connectivity index (χ3n) is 3.81. The van der Waals surface area contributed by atoms with Crippen LogP contribution in [0.15, 0.2) is 6.07 Å². The molecule has 1 rings (SSSR count). The van der Waals surface area contributed by atoms with Gasteiger partial charge in [-0.15, -0.1) is 0 Å². The van der Waals surface area contributed by atoms with Crippen molar-refractivity contribution >= 4 is 17.3 Å². The topological polar surface area (TPSA) is 75.8 Å². The number of aromatic carboxylic acids is 1. The van der Waals surface area contributed by atoms with Crippen LogP contribution in [0.3, 0.4) is 0 Å². The van der Waals surface area contributed by atoms with E-state index in [9.17, 15) is 9.90 Å². The lowest BCUT2D eigenvalue weighted by Gasteiger charge is -2.27. The van der Waals surface area contributed by atoms with Crippen LogP contribution in [0.5, 0.6) is 5.75 Å². The van der Waals surface area contributed by atoms with Gasteiger partial charge < -0.3 is 20.5 Å². The first-order valence-electron chi connectivity index (χ1n) is 8.07. The smallest absolute Gasteiger partial charge is 0.337 e. The van der Waals surface area contributed by atoms with Crippen molar-refractivity contribution < 1.29 is 14.6 Å². The number of anilines is 2. The number of nitrogens with two attached hydrogens (primary N) is 1. The molecule has 0 spiro atoms. The average molecular weight is 308 g/mol. The largest absolute Gasteiger partial charge is 0.489 e. The van der Waals surface area contributed by atoms with Crippen molar-refractivity contribution in [2.45, 2.75) is 47.0 Å². The van der Waals surface area contributed by atoms with Gasteiger partial charge >= 0.3 is 5.97 Å². The molecule has 0 atom stereocenters. The average Bonchev–Trinajstić information content (AvgIpc) is 2.50. The number of benzene rings is 1. The Kier molecular flexibility index (Phi) is 7.02. The second-order valence-electron chi connectivity index (χ2n) is 5.21. The maximum atomic E-state index is 11.7. The van der Waals surface area contributed by atoms with E-state index in [0.717, 1.165) is 18.4 Å². The SMILES string of the molecule is CCCCOc1c(N)c(CC)cc(C(=O)O)c1N(CC)CC. The van der Waals surface area contributed by atoms with Gasteiger partial charge in [-0.05, 0) is 38.3 Å². The number of hydrogen-bond donors (Lipinski definition) is 2. The lowest BCUT2D eigenvalue weighted by molar-refractivity contribution is 0.0697. The van der Waals surface area contributed by atoms with Crippen molar-refractivity contribution in [1.29, 1.82) is 0 Å². The molecule has 0 saturated heterocycles. The first-order valence-corrected chi connectivity index (χ1v) is 8.07. The quantitative estimate of drug-likeness (QED) is 0.539. The van der Waals surface area contributed by atoms with Gasteiger partial charge in [0.05, 0.1) is 23.5 Å². The van der Waals surface area contributed by atoms with Crippen LogP contribution in [-0.4, -0.2) is 30.8 Å². The van der Waals surface area contributed by atoms with Crippen LogP contribution in [0.1, 0.15) is 56.5 Å². The zero-order chi connectivity index (χ0) is 16.7. The first-order chi connectivity index (χ1) is 10.5. The van der Waals surface area contributed by atoms with Crippen molar-refractivity contribution in [2.24, 2.45) is 0 Å². The molecule has 0 heterocycles. The summed E-state index contributed by atoms with van der Waals surface area (Å²) in [6, 6.07) is 1.68. The van der Waals surface area contributed by atoms with Crippen LogP contribution in [-0.2, 0) is 6.42 Å². The summed E-state index contributed by atoms with van der Waals surface area (Å²) < 4.78 is 5.90. The lowest BCUT2D eigenvalue weighted by atomic mass is 10.0. The summed E-state index contributed by atoms with van der Waals surface area (Å²) in [5, 5.41) is 9.59. The Labute approximate surface area is 133 Å². The van der Waals surface area contributed by atoms with Gasteiger partial charge in [-0.25, -0.2) is 4.79 Å². The van der Waals surface area contributed by atoms with Gasteiger partial charge in [0.25, 0.3) is 0 Å². The third-order valence-corrected chi connectivity index (χ3v) is 3.81. The molecule has 124 valence electrons. The maximum Gasteiger partial charge on any atom is 0.337 e. The molecule has 0 aromatic heterocycles. The van der Waals surface area contributed by atoms with Crippen molar-refractivity contribution in [2.75, 3.05) is 30.3 Å². The molecule has 0 bridgehead atoms. The van der Waals surface area contributed by atoms with Crippen LogP contribution in [0.25, 0.3) is 0 Å². The molecule has 5 nitrogen and oxygen atoms in total. The summed E-state index contributed by atoms with van der Waals surface area (Å²) in [5.74, 6) is -0.425. The van der Waals surface area contributed by atoms with Crippen LogP contribution >= 0.6 is 0 Å². The highest BCUT2D eigenvalue weighted by Crippen LogP contribution is 2.40. The zero-order valence-electron chi connectivity index (χ0n) is 14.1. The molecule has 0 aliphatic rings. The second kappa shape index (κ2) is 8.51. The van der Waals surface area contributed by atoms with E-state index < -0.39 is 5.97 Å². The lowest BCUT2D eigenvalue weighted by Crippen LogP contribution is -2.26. The zero-order valence-corrected chi connectivity index (χ0v) is 14.1. The highest BCUT2D eigenvalue weighted by atomic mass is 16.5. The molecular formula is C17H28N2O3. The highest BCUT2D eigenvalue weighted by molar-refractivity contribution is 5.99. The van der Waals surface area contributed by atoms with Crippen LogP contribution in [0.4, 0.5) is 11.4 Å². The Morgan fingerprint density at radius 3 is 2.36 bits per heavy atom. The van der Waals surface area contributed by atoms with Crippen LogP contribution in [0, 0.1) is 0 Å². The standard InChI is InChI=1S/C17H28N2O3/c1-5-9-10-22-16-14(18)12(6-2)11-13(17(20)21)15(16)19(7-3)8-4/h11H,5-10,18H2,1-4H3,(H,20,21). The Balaban J connectivity index is 3.50. The third kappa shape index (κ3) is 3.84. The Bertz CT molecular complexity index is 511. The number of aryl methyl sites for hydroxylation is 1. The molecule has 0 fully saturated rings. The minimum absolute atomic E-state index is 0.265. The molecule has 1 aromatic carbocycles. The second-order valence-corrected chi connectivity index (χ2v) is 5.21. The van der Waals surface area contributed by atoms with E-state index in [2.05, 4.69) is 6.92 Å². The molecule has 0 aliphatic heterocycles. The Morgan fingerprint density at radius 2 is 1.91 bits per heavy atom. The fraction of sp³-hybridized carbons (Fsp3) is 0.588. The first kappa shape index (κ1) is 18.1. The van der Waals surface area contributed by atoms with Gasteiger partial charge in [-0.3, -0.25) is 0 Å². The van der Waals surface area contributed by atoms with Gasteiger partial charge in [0, 0.05) is 13.1 Å². The number of nitrogen functional groups attached to an aromatic ring is 1. The molecule has 22 heavy (non-hydrogen) atoms. The molecular weight excluding hydrogens is 280 g/mol. The summed E-state index contributed by atoms with van der Waals surface area (Å²) in [5.41, 5.74) is 8.49. The van der Waals surface area contributed by atoms with Crippen molar-refractivity contribution in [3.05, 3.63) is 17.2 Å². The van der Waals surface area contributed by atoms with E-state index in [4.69, 9.17) is 10.5 Å². The Morgan fingerprint density at radius 1 is 1.27 bits per heavy atom. The monoisotopic (exact) mass is 308 g/mol. The van der Waals surface area contributed by atoms with Gasteiger partial charge in [-0.1, -0.05) is 20.3 Å². The van der Waals surface area contributed by atoms with E-state index in [1.54, 1.807) is 6.07 Å². The van der Waals surface area contributed by atoms with Crippen molar-refractivity contribution in [1.82, 2.24) is 0 Å². The number of carboxylic acids is 1. The van der Waals surface area contributed by atoms with Crippen LogP contribution < -0.4 is 15.4 Å². The van der Waals surface area contributed by atoms with Gasteiger partial charge in [-0.2, -0.15) is 0 Å². The van der Waals surface area contributed by atoms with Crippen LogP contribution in [0.2, 0.25) is 0 Å². The summed E-state index contributed by atoms with van der Waals surface area (Å²) in [6.45, 7) is 9.98. The minimum atomic E-state index is -0.947. The number of carboxylic acid groups (broad SMARTS) is 1. The number of rotatable bonds is 9. The summed E-state index contributed by atoms with van der Waals surface area (Å²) in [7, 11) is 0. The van der Waals surface area contributed by atoms with Crippen molar-refractivity contribution in [3.63, 3.8) is 0 Å². The predicted octanol–water partition coefficient (Wildman–Crippen LogP) is 3.55. The van der Waals surface area contributed by atoms with E-state index >= 15 is 0 Å².